The summed E-state index contributed by atoms with van der Waals surface area (Å²) in [5.41, 5.74) is 11.2. The van der Waals surface area contributed by atoms with Crippen molar-refractivity contribution in [3.8, 4) is 5.75 Å². The van der Waals surface area contributed by atoms with Crippen LogP contribution in [0.3, 0.4) is 0 Å². The Morgan fingerprint density at radius 2 is 1.27 bits per heavy atom. The van der Waals surface area contributed by atoms with Gasteiger partial charge in [0.25, 0.3) is 5.91 Å². The third-order valence-electron chi connectivity index (χ3n) is 14.7. The van der Waals surface area contributed by atoms with Crippen LogP contribution in [0.4, 0.5) is 0 Å². The van der Waals surface area contributed by atoms with Crippen LogP contribution in [0.2, 0.25) is 0 Å². The molecule has 10 amide bonds. The minimum absolute atomic E-state index is 0.00601. The summed E-state index contributed by atoms with van der Waals surface area (Å²) in [6.07, 6.45) is 5.11. The third-order valence-corrected chi connectivity index (χ3v) is 17.0. The average molecular weight is 1230 g/mol. The van der Waals surface area contributed by atoms with Crippen LogP contribution in [-0.2, 0) is 69.1 Å². The molecular formula is C56H86N12O15S2. The molecule has 0 radical (unpaired) electrons. The van der Waals surface area contributed by atoms with Crippen LogP contribution in [0.25, 0.3) is 0 Å². The Morgan fingerprint density at radius 1 is 0.694 bits per heavy atom. The summed E-state index contributed by atoms with van der Waals surface area (Å²) in [6, 6.07) is -6.59. The largest absolute Gasteiger partial charge is 0.550 e. The number of ether oxygens (including phenoxy) is 1. The third kappa shape index (κ3) is 21.9. The van der Waals surface area contributed by atoms with E-state index in [-0.39, 0.29) is 74.3 Å². The quantitative estimate of drug-likeness (QED) is 0.100. The van der Waals surface area contributed by atoms with E-state index in [0.717, 1.165) is 30.2 Å². The highest BCUT2D eigenvalue weighted by Gasteiger charge is 2.43. The maximum absolute atomic E-state index is 15.0. The first-order valence-corrected chi connectivity index (χ1v) is 31.6. The number of carboxylic acid groups (broad SMARTS) is 1. The number of hydrogen-bond acceptors (Lipinski definition) is 18. The van der Waals surface area contributed by atoms with Gasteiger partial charge in [0.2, 0.25) is 53.2 Å². The predicted octanol–water partition coefficient (Wildman–Crippen LogP) is -2.77. The van der Waals surface area contributed by atoms with Crippen molar-refractivity contribution in [3.05, 3.63) is 29.3 Å². The SMILES string of the molecule is CC(C)C[C@@H]1NC(=O)[C@@H]2CCCN2C(=O)[C@@H]2CSCc3cc(cc(c3)OCCCCCCO/N=C/C(=O)N[C@@H](CCCC[NH3+])C(=O)N2)CSC[C@@H](C(N)=O)NC(=O)[C@H](CO)NC(=O)[C@@H]2CCCN2C(=O)[C@H](C(C)C)NC(=O)[C@H](CC(=O)[O-])NC1=O. The van der Waals surface area contributed by atoms with E-state index < -0.39 is 138 Å². The molecule has 1 aromatic rings. The van der Waals surface area contributed by atoms with Gasteiger partial charge in [-0.3, -0.25) is 47.9 Å². The molecule has 0 aromatic heterocycles. The van der Waals surface area contributed by atoms with Gasteiger partial charge in [-0.15, -0.1) is 0 Å². The molecule has 1 aromatic carbocycles. The fraction of sp³-hybridized carbons (Fsp3) is 0.679. The van der Waals surface area contributed by atoms with Crippen LogP contribution in [-0.4, -0.2) is 191 Å². The molecule has 5 rings (SSSR count). The highest BCUT2D eigenvalue weighted by Crippen LogP contribution is 2.27. The van der Waals surface area contributed by atoms with Gasteiger partial charge in [-0.2, -0.15) is 23.5 Å². The molecule has 2 fully saturated rings. The van der Waals surface area contributed by atoms with Crippen LogP contribution in [0.5, 0.6) is 5.75 Å². The number of fused-ring (bicyclic) bond motifs is 7. The Labute approximate surface area is 503 Å². The number of aliphatic hydroxyl groups excluding tert-OH is 1. The van der Waals surface area contributed by atoms with E-state index in [2.05, 4.69) is 48.1 Å². The molecule has 9 atom stereocenters. The molecule has 4 heterocycles. The highest BCUT2D eigenvalue weighted by molar-refractivity contribution is 7.98. The number of unbranched alkanes of at least 4 members (excludes halogenated alkanes) is 1. The van der Waals surface area contributed by atoms with E-state index in [1.165, 1.54) is 33.3 Å². The maximum atomic E-state index is 15.0. The van der Waals surface area contributed by atoms with E-state index in [1.54, 1.807) is 27.7 Å². The summed E-state index contributed by atoms with van der Waals surface area (Å²) in [5, 5.41) is 44.6. The van der Waals surface area contributed by atoms with Gasteiger partial charge >= 0.3 is 0 Å². The first-order valence-electron chi connectivity index (χ1n) is 29.3. The fourth-order valence-electron chi connectivity index (χ4n) is 10.3. The first-order chi connectivity index (χ1) is 40.6. The van der Waals surface area contributed by atoms with Gasteiger partial charge in [0.1, 0.15) is 72.9 Å². The van der Waals surface area contributed by atoms with E-state index >= 15 is 4.79 Å². The summed E-state index contributed by atoms with van der Waals surface area (Å²) in [5.74, 6) is -9.78. The van der Waals surface area contributed by atoms with Crippen molar-refractivity contribution >= 4 is 94.8 Å². The molecule has 4 aliphatic rings. The monoisotopic (exact) mass is 1230 g/mol. The molecule has 13 N–H and O–H groups in total. The second kappa shape index (κ2) is 35.0. The lowest BCUT2D eigenvalue weighted by Gasteiger charge is -2.32. The summed E-state index contributed by atoms with van der Waals surface area (Å²) in [7, 11) is 0. The molecule has 4 bridgehead atoms. The number of amides is 10. The van der Waals surface area contributed by atoms with Gasteiger partial charge in [-0.25, -0.2) is 0 Å². The number of aliphatic hydroxyl groups is 1. The first kappa shape index (κ1) is 69.1. The van der Waals surface area contributed by atoms with Crippen LogP contribution >= 0.6 is 23.5 Å². The van der Waals surface area contributed by atoms with Crippen LogP contribution in [0, 0.1) is 11.8 Å². The average Bonchev–Trinajstić information content (AvgIpc) is 3.26. The number of rotatable bonds is 11. The van der Waals surface area contributed by atoms with Crippen molar-refractivity contribution in [1.82, 2.24) is 47.0 Å². The summed E-state index contributed by atoms with van der Waals surface area (Å²) in [4.78, 5) is 160. The van der Waals surface area contributed by atoms with Crippen LogP contribution < -0.4 is 58.5 Å². The van der Waals surface area contributed by atoms with E-state index in [1.807, 2.05) is 18.2 Å². The highest BCUT2D eigenvalue weighted by atomic mass is 32.2. The number of quaternary nitrogens is 1. The minimum Gasteiger partial charge on any atom is -0.550 e. The second-order valence-corrected chi connectivity index (χ2v) is 24.5. The second-order valence-electron chi connectivity index (χ2n) is 22.5. The molecule has 0 saturated carbocycles. The van der Waals surface area contributed by atoms with Crippen molar-refractivity contribution in [2.45, 2.75) is 177 Å². The minimum atomic E-state index is -1.84. The van der Waals surface area contributed by atoms with Crippen molar-refractivity contribution in [3.63, 3.8) is 0 Å². The van der Waals surface area contributed by atoms with E-state index in [0.29, 0.717) is 57.4 Å². The lowest BCUT2D eigenvalue weighted by atomic mass is 10.00. The van der Waals surface area contributed by atoms with Gasteiger partial charge in [0, 0.05) is 48.5 Å². The molecule has 29 heteroatoms. The number of carboxylic acids is 1. The predicted molar refractivity (Wildman–Crippen MR) is 312 cm³/mol. The van der Waals surface area contributed by atoms with Crippen LogP contribution in [0.1, 0.15) is 122 Å². The van der Waals surface area contributed by atoms with Gasteiger partial charge in [-0.1, -0.05) is 38.9 Å². The molecule has 85 heavy (non-hydrogen) atoms. The Balaban J connectivity index is 1.56. The molecule has 0 unspecified atom stereocenters. The van der Waals surface area contributed by atoms with Gasteiger partial charge < -0.3 is 83.1 Å². The van der Waals surface area contributed by atoms with E-state index in [9.17, 15) is 58.2 Å². The molecule has 472 valence electrons. The zero-order valence-electron chi connectivity index (χ0n) is 49.0. The van der Waals surface area contributed by atoms with Crippen LogP contribution in [0.15, 0.2) is 23.4 Å². The number of carbonyl (C=O) groups is 11. The molecular weight excluding hydrogens is 1140 g/mol. The Kier molecular flexibility index (Phi) is 28.5. The smallest absolute Gasteiger partial charge is 0.266 e. The molecule has 4 aliphatic heterocycles. The number of oxime groups is 1. The van der Waals surface area contributed by atoms with Gasteiger partial charge in [0.15, 0.2) is 0 Å². The number of nitrogens with zero attached hydrogens (tertiary/aromatic N) is 3. The zero-order chi connectivity index (χ0) is 62.2. The zero-order valence-corrected chi connectivity index (χ0v) is 50.7. The summed E-state index contributed by atoms with van der Waals surface area (Å²) < 4.78 is 6.25. The maximum Gasteiger partial charge on any atom is 0.266 e. The lowest BCUT2D eigenvalue weighted by molar-refractivity contribution is -0.368. The normalized spacial score (nSPS) is 27.1. The number of nitrogens with two attached hydrogens (primary N) is 1. The standard InChI is InChI=1S/C56H86N12O15S2/c1-32(2)21-38-50(75)61-39(25-46(71)72)51(76)66-47(33(3)4)56(81)68-18-12-15-44(68)54(79)63-40(27-69)52(77)64-41(48(58)73)30-84-28-34-22-35-24-36(23-34)82-19-9-5-6-10-20-83-59-26-45(70)60-37(13-7-8-16-57)49(74)65-42(31-85-29-35)55(80)67-17-11-14-43(67)53(78)62-38/h22-24,26,32-33,37-44,47,69H,5-21,25,27-31,57H2,1-4H3,(H2,58,73)(H,60,70)(H,61,75)(H,62,78)(H,63,79)(H,64,77)(H,65,74)(H,66,76)(H,71,72)/b59-26+/t37-,38-,39-,40-,41-,42-,43-,44-,47-/m0/s1. The summed E-state index contributed by atoms with van der Waals surface area (Å²) in [6.45, 7) is 7.12. The number of hydrogen-bond donors (Lipinski definition) is 10. The number of nitrogens with one attached hydrogen (secondary N) is 7. The molecule has 27 nitrogen and oxygen atoms in total. The van der Waals surface area contributed by atoms with E-state index in [4.69, 9.17) is 15.3 Å². The van der Waals surface area contributed by atoms with Gasteiger partial charge in [0.05, 0.1) is 19.8 Å². The van der Waals surface area contributed by atoms with Crippen molar-refractivity contribution < 1.29 is 78.3 Å². The molecule has 0 aliphatic carbocycles. The number of aliphatic carboxylic acids is 1. The molecule has 2 saturated heterocycles. The fourth-order valence-corrected chi connectivity index (χ4v) is 12.3. The lowest BCUT2D eigenvalue weighted by Crippen LogP contribution is -2.61. The Morgan fingerprint density at radius 3 is 1.87 bits per heavy atom. The van der Waals surface area contributed by atoms with Crippen molar-refractivity contribution in [1.29, 1.82) is 0 Å². The number of carbonyl (C=O) groups excluding carboxylic acids is 11. The summed E-state index contributed by atoms with van der Waals surface area (Å²) >= 11 is 2.55. The number of thioether (sulfide) groups is 2. The topological polar surface area (TPSA) is 406 Å². The Bertz CT molecular complexity index is 2540. The van der Waals surface area contributed by atoms with Crippen molar-refractivity contribution in [2.75, 3.05) is 51.0 Å². The van der Waals surface area contributed by atoms with Gasteiger partial charge in [-0.05, 0) is 112 Å². The molecule has 0 spiro atoms. The Hall–Kier alpha value is -6.72. The number of benzene rings is 1. The van der Waals surface area contributed by atoms with Crippen molar-refractivity contribution in [2.24, 2.45) is 22.7 Å². The number of primary amides is 1.